The van der Waals surface area contributed by atoms with E-state index in [4.69, 9.17) is 4.52 Å². The van der Waals surface area contributed by atoms with E-state index in [1.54, 1.807) is 0 Å². The minimum Gasteiger partial charge on any atom is -0.385 e. The van der Waals surface area contributed by atoms with Crippen molar-refractivity contribution >= 4 is 0 Å². The summed E-state index contributed by atoms with van der Waals surface area (Å²) in [4.78, 5) is 2.42. The molecule has 1 unspecified atom stereocenters. The van der Waals surface area contributed by atoms with E-state index in [0.717, 1.165) is 62.3 Å². The molecular weight excluding hydrogens is 288 g/mol. The highest BCUT2D eigenvalue weighted by atomic mass is 16.5. The fraction of sp³-hybridized carbons (Fsp3) is 0.526. The standard InChI is InChI=1S/C19H26N2O2/c1-3-18-17(15(2)23-20-18)14-21-12-7-10-19(22,11-13-21)16-8-5-4-6-9-16/h4-6,8-9,22H,3,7,10-14H2,1-2H3. The Bertz CT molecular complexity index is 638. The van der Waals surface area contributed by atoms with Crippen LogP contribution in [0.3, 0.4) is 0 Å². The molecule has 0 bridgehead atoms. The van der Waals surface area contributed by atoms with Crippen molar-refractivity contribution in [2.75, 3.05) is 13.1 Å². The van der Waals surface area contributed by atoms with Crippen LogP contribution in [-0.2, 0) is 18.6 Å². The Morgan fingerprint density at radius 2 is 2.00 bits per heavy atom. The first-order valence-electron chi connectivity index (χ1n) is 8.56. The molecular formula is C19H26N2O2. The number of hydrogen-bond acceptors (Lipinski definition) is 4. The van der Waals surface area contributed by atoms with E-state index in [1.165, 1.54) is 5.56 Å². The topological polar surface area (TPSA) is 49.5 Å². The summed E-state index contributed by atoms with van der Waals surface area (Å²) in [6, 6.07) is 10.1. The van der Waals surface area contributed by atoms with Gasteiger partial charge in [0, 0.05) is 18.7 Å². The van der Waals surface area contributed by atoms with Crippen molar-refractivity contribution in [3.05, 3.63) is 52.9 Å². The largest absolute Gasteiger partial charge is 0.385 e. The molecule has 0 spiro atoms. The molecule has 4 heteroatoms. The minimum absolute atomic E-state index is 0.701. The third-order valence-corrected chi connectivity index (χ3v) is 5.00. The molecule has 1 aromatic carbocycles. The maximum atomic E-state index is 11.1. The number of aliphatic hydroxyl groups is 1. The predicted molar refractivity (Wildman–Crippen MR) is 90.1 cm³/mol. The van der Waals surface area contributed by atoms with Gasteiger partial charge in [-0.1, -0.05) is 42.4 Å². The van der Waals surface area contributed by atoms with E-state index in [-0.39, 0.29) is 0 Å². The highest BCUT2D eigenvalue weighted by molar-refractivity contribution is 5.24. The van der Waals surface area contributed by atoms with Gasteiger partial charge in [0.05, 0.1) is 11.3 Å². The molecule has 0 saturated carbocycles. The summed E-state index contributed by atoms with van der Waals surface area (Å²) in [6.07, 6.45) is 3.48. The fourth-order valence-electron chi connectivity index (χ4n) is 3.51. The van der Waals surface area contributed by atoms with Crippen LogP contribution in [0.5, 0.6) is 0 Å². The lowest BCUT2D eigenvalue weighted by atomic mass is 9.87. The Hall–Kier alpha value is -1.65. The second-order valence-corrected chi connectivity index (χ2v) is 6.54. The number of aromatic nitrogens is 1. The summed E-state index contributed by atoms with van der Waals surface area (Å²) < 4.78 is 5.34. The summed E-state index contributed by atoms with van der Waals surface area (Å²) in [5, 5.41) is 15.2. The summed E-state index contributed by atoms with van der Waals surface area (Å²) in [6.45, 7) is 6.85. The fourth-order valence-corrected chi connectivity index (χ4v) is 3.51. The van der Waals surface area contributed by atoms with Crippen LogP contribution in [0.2, 0.25) is 0 Å². The maximum absolute atomic E-state index is 11.1. The maximum Gasteiger partial charge on any atom is 0.138 e. The van der Waals surface area contributed by atoms with Crippen molar-refractivity contribution < 1.29 is 9.63 Å². The first-order chi connectivity index (χ1) is 11.1. The van der Waals surface area contributed by atoms with E-state index in [9.17, 15) is 5.11 Å². The second-order valence-electron chi connectivity index (χ2n) is 6.54. The Morgan fingerprint density at radius 1 is 1.22 bits per heavy atom. The van der Waals surface area contributed by atoms with Gasteiger partial charge >= 0.3 is 0 Å². The molecule has 2 heterocycles. The van der Waals surface area contributed by atoms with Gasteiger partial charge in [-0.3, -0.25) is 4.90 Å². The molecule has 1 N–H and O–H groups in total. The number of benzene rings is 1. The predicted octanol–water partition coefficient (Wildman–Crippen LogP) is 3.42. The Kier molecular flexibility index (Phi) is 4.83. The lowest BCUT2D eigenvalue weighted by Crippen LogP contribution is -2.29. The van der Waals surface area contributed by atoms with E-state index >= 15 is 0 Å². The Labute approximate surface area is 138 Å². The first kappa shape index (κ1) is 16.2. The summed E-state index contributed by atoms with van der Waals surface area (Å²) in [7, 11) is 0. The number of rotatable bonds is 4. The van der Waals surface area contributed by atoms with Gasteiger partial charge in [0.2, 0.25) is 0 Å². The minimum atomic E-state index is -0.701. The average Bonchev–Trinajstić information content (AvgIpc) is 2.81. The molecule has 1 aliphatic heterocycles. The van der Waals surface area contributed by atoms with E-state index in [0.29, 0.717) is 0 Å². The molecule has 124 valence electrons. The third-order valence-electron chi connectivity index (χ3n) is 5.00. The van der Waals surface area contributed by atoms with Crippen molar-refractivity contribution in [1.29, 1.82) is 0 Å². The van der Waals surface area contributed by atoms with Gasteiger partial charge < -0.3 is 9.63 Å². The van der Waals surface area contributed by atoms with Crippen LogP contribution < -0.4 is 0 Å². The van der Waals surface area contributed by atoms with Crippen molar-refractivity contribution in [3.63, 3.8) is 0 Å². The lowest BCUT2D eigenvalue weighted by molar-refractivity contribution is 0.0210. The second kappa shape index (κ2) is 6.85. The molecule has 2 aromatic rings. The monoisotopic (exact) mass is 314 g/mol. The Morgan fingerprint density at radius 3 is 2.74 bits per heavy atom. The molecule has 0 aliphatic carbocycles. The van der Waals surface area contributed by atoms with E-state index in [1.807, 2.05) is 37.3 Å². The van der Waals surface area contributed by atoms with Gasteiger partial charge in [0.15, 0.2) is 0 Å². The summed E-state index contributed by atoms with van der Waals surface area (Å²) >= 11 is 0. The molecule has 23 heavy (non-hydrogen) atoms. The molecule has 1 aliphatic rings. The zero-order valence-electron chi connectivity index (χ0n) is 14.1. The molecule has 1 saturated heterocycles. The summed E-state index contributed by atoms with van der Waals surface area (Å²) in [5.74, 6) is 0.921. The van der Waals surface area contributed by atoms with Gasteiger partial charge in [-0.2, -0.15) is 0 Å². The number of nitrogens with zero attached hydrogens (tertiary/aromatic N) is 2. The van der Waals surface area contributed by atoms with Gasteiger partial charge in [0.1, 0.15) is 5.76 Å². The van der Waals surface area contributed by atoms with Crippen LogP contribution in [0.15, 0.2) is 34.9 Å². The number of aryl methyl sites for hydroxylation is 2. The van der Waals surface area contributed by atoms with Crippen molar-refractivity contribution in [1.82, 2.24) is 10.1 Å². The highest BCUT2D eigenvalue weighted by Crippen LogP contribution is 2.33. The average molecular weight is 314 g/mol. The van der Waals surface area contributed by atoms with Crippen molar-refractivity contribution in [2.24, 2.45) is 0 Å². The third kappa shape index (κ3) is 3.48. The number of likely N-dealkylation sites (tertiary alicyclic amines) is 1. The molecule has 4 nitrogen and oxygen atoms in total. The van der Waals surface area contributed by atoms with Crippen LogP contribution in [0.25, 0.3) is 0 Å². The lowest BCUT2D eigenvalue weighted by Gasteiger charge is -2.27. The number of hydrogen-bond donors (Lipinski definition) is 1. The van der Waals surface area contributed by atoms with Crippen LogP contribution in [0.1, 0.15) is 48.8 Å². The normalized spacial score (nSPS) is 22.9. The smallest absolute Gasteiger partial charge is 0.138 e. The van der Waals surface area contributed by atoms with Crippen LogP contribution in [0.4, 0.5) is 0 Å². The van der Waals surface area contributed by atoms with Crippen molar-refractivity contribution in [2.45, 2.75) is 51.7 Å². The van der Waals surface area contributed by atoms with Gasteiger partial charge in [0.25, 0.3) is 0 Å². The molecule has 0 amide bonds. The SMILES string of the molecule is CCc1noc(C)c1CN1CCCC(O)(c2ccccc2)CC1. The molecule has 1 aromatic heterocycles. The molecule has 1 fully saturated rings. The van der Waals surface area contributed by atoms with E-state index in [2.05, 4.69) is 17.0 Å². The first-order valence-corrected chi connectivity index (χ1v) is 8.56. The van der Waals surface area contributed by atoms with Crippen LogP contribution >= 0.6 is 0 Å². The summed E-state index contributed by atoms with van der Waals surface area (Å²) in [5.41, 5.74) is 2.62. The molecule has 0 radical (unpaired) electrons. The zero-order valence-corrected chi connectivity index (χ0v) is 14.1. The highest BCUT2D eigenvalue weighted by Gasteiger charge is 2.32. The van der Waals surface area contributed by atoms with Gasteiger partial charge in [-0.25, -0.2) is 0 Å². The molecule has 3 rings (SSSR count). The van der Waals surface area contributed by atoms with Crippen molar-refractivity contribution in [3.8, 4) is 0 Å². The van der Waals surface area contributed by atoms with Gasteiger partial charge in [-0.05, 0) is 44.7 Å². The van der Waals surface area contributed by atoms with Gasteiger partial charge in [-0.15, -0.1) is 0 Å². The zero-order chi connectivity index (χ0) is 16.3. The van der Waals surface area contributed by atoms with Crippen LogP contribution in [-0.4, -0.2) is 28.3 Å². The quantitative estimate of drug-likeness (QED) is 0.939. The van der Waals surface area contributed by atoms with Crippen LogP contribution in [0, 0.1) is 6.92 Å². The molecule has 1 atom stereocenters. The Balaban J connectivity index is 1.70. The van der Waals surface area contributed by atoms with E-state index < -0.39 is 5.60 Å².